The van der Waals surface area contributed by atoms with Gasteiger partial charge in [-0.3, -0.25) is 0 Å². The first-order valence-corrected chi connectivity index (χ1v) is 5.93. The van der Waals surface area contributed by atoms with Gasteiger partial charge in [0.15, 0.2) is 17.4 Å². The van der Waals surface area contributed by atoms with E-state index in [9.17, 15) is 13.9 Å². The van der Waals surface area contributed by atoms with Crippen molar-refractivity contribution in [2.45, 2.75) is 31.8 Å². The van der Waals surface area contributed by atoms with Crippen LogP contribution < -0.4 is 4.74 Å². The van der Waals surface area contributed by atoms with Crippen LogP contribution in [0, 0.1) is 17.6 Å². The summed E-state index contributed by atoms with van der Waals surface area (Å²) in [6, 6.07) is 3.56. The summed E-state index contributed by atoms with van der Waals surface area (Å²) in [5.41, 5.74) is 0. The maximum absolute atomic E-state index is 13.2. The molecule has 2 nitrogen and oxygen atoms in total. The van der Waals surface area contributed by atoms with E-state index in [1.54, 1.807) is 0 Å². The Morgan fingerprint density at radius 2 is 1.82 bits per heavy atom. The van der Waals surface area contributed by atoms with Crippen molar-refractivity contribution >= 4 is 0 Å². The largest absolute Gasteiger partial charge is 0.485 e. The summed E-state index contributed by atoms with van der Waals surface area (Å²) < 4.78 is 31.5. The van der Waals surface area contributed by atoms with Crippen LogP contribution >= 0.6 is 0 Å². The molecule has 1 saturated carbocycles. The number of rotatable bonds is 4. The van der Waals surface area contributed by atoms with Gasteiger partial charge in [-0.25, -0.2) is 8.78 Å². The average Bonchev–Trinajstić information content (AvgIpc) is 2.81. The molecule has 0 aliphatic heterocycles. The highest BCUT2D eigenvalue weighted by Crippen LogP contribution is 2.28. The zero-order valence-electron chi connectivity index (χ0n) is 9.53. The molecule has 0 aromatic heterocycles. The molecule has 1 aromatic carbocycles. The Kier molecular flexibility index (Phi) is 3.94. The van der Waals surface area contributed by atoms with Gasteiger partial charge in [0.05, 0.1) is 6.10 Å². The van der Waals surface area contributed by atoms with Crippen LogP contribution in [-0.2, 0) is 0 Å². The fourth-order valence-corrected chi connectivity index (χ4v) is 2.27. The van der Waals surface area contributed by atoms with Crippen LogP contribution in [0.4, 0.5) is 8.78 Å². The van der Waals surface area contributed by atoms with Gasteiger partial charge < -0.3 is 9.84 Å². The van der Waals surface area contributed by atoms with Crippen LogP contribution in [0.3, 0.4) is 0 Å². The van der Waals surface area contributed by atoms with Crippen molar-refractivity contribution < 1.29 is 18.6 Å². The molecule has 17 heavy (non-hydrogen) atoms. The van der Waals surface area contributed by atoms with E-state index in [1.165, 1.54) is 6.07 Å². The number of halogens is 2. The zero-order chi connectivity index (χ0) is 12.3. The van der Waals surface area contributed by atoms with Crippen molar-refractivity contribution in [3.8, 4) is 5.75 Å². The van der Waals surface area contributed by atoms with Crippen LogP contribution in [0.2, 0.25) is 0 Å². The minimum absolute atomic E-state index is 0.0531. The Labute approximate surface area is 99.2 Å². The van der Waals surface area contributed by atoms with Gasteiger partial charge in [-0.05, 0) is 30.9 Å². The van der Waals surface area contributed by atoms with Crippen molar-refractivity contribution in [3.05, 3.63) is 29.8 Å². The smallest absolute Gasteiger partial charge is 0.190 e. The molecule has 1 atom stereocenters. The van der Waals surface area contributed by atoms with Gasteiger partial charge in [0.2, 0.25) is 0 Å². The van der Waals surface area contributed by atoms with E-state index in [1.807, 2.05) is 0 Å². The molecule has 0 amide bonds. The molecule has 4 heteroatoms. The fraction of sp³-hybridized carbons (Fsp3) is 0.538. The number of ether oxygens (including phenoxy) is 1. The second-order valence-electron chi connectivity index (χ2n) is 4.47. The minimum atomic E-state index is -0.733. The molecule has 0 saturated heterocycles. The lowest BCUT2D eigenvalue weighted by Crippen LogP contribution is -2.25. The third-order valence-electron chi connectivity index (χ3n) is 3.26. The monoisotopic (exact) mass is 242 g/mol. The zero-order valence-corrected chi connectivity index (χ0v) is 9.53. The Bertz CT molecular complexity index is 355. The molecule has 0 radical (unpaired) electrons. The second kappa shape index (κ2) is 5.45. The molecule has 2 rings (SSSR count). The Hall–Kier alpha value is -1.16. The van der Waals surface area contributed by atoms with Crippen LogP contribution in [0.1, 0.15) is 25.7 Å². The number of aliphatic hydroxyl groups is 1. The number of benzene rings is 1. The van der Waals surface area contributed by atoms with Gasteiger partial charge in [-0.1, -0.05) is 18.9 Å². The molecule has 1 fully saturated rings. The summed E-state index contributed by atoms with van der Waals surface area (Å²) in [6.07, 6.45) is 3.50. The average molecular weight is 242 g/mol. The normalized spacial score (nSPS) is 18.3. The number of hydrogen-bond donors (Lipinski definition) is 1. The van der Waals surface area contributed by atoms with E-state index in [0.29, 0.717) is 0 Å². The Balaban J connectivity index is 1.92. The standard InChI is InChI=1S/C13H16F2O2/c14-10-6-3-7-11(15)13(10)17-8-12(16)9-4-1-2-5-9/h3,6-7,9,12,16H,1-2,4-5,8H2. The number of aliphatic hydroxyl groups excluding tert-OH is 1. The highest BCUT2D eigenvalue weighted by atomic mass is 19.1. The van der Waals surface area contributed by atoms with Gasteiger partial charge in [0.1, 0.15) is 6.61 Å². The molecule has 1 aliphatic carbocycles. The fourth-order valence-electron chi connectivity index (χ4n) is 2.27. The van der Waals surface area contributed by atoms with Crippen molar-refractivity contribution in [2.24, 2.45) is 5.92 Å². The maximum Gasteiger partial charge on any atom is 0.190 e. The first-order valence-electron chi connectivity index (χ1n) is 5.93. The van der Waals surface area contributed by atoms with Crippen LogP contribution in [0.25, 0.3) is 0 Å². The molecule has 1 aromatic rings. The van der Waals surface area contributed by atoms with Gasteiger partial charge in [0, 0.05) is 0 Å². The minimum Gasteiger partial charge on any atom is -0.485 e. The molecule has 0 bridgehead atoms. The lowest BCUT2D eigenvalue weighted by molar-refractivity contribution is 0.0562. The highest BCUT2D eigenvalue weighted by molar-refractivity contribution is 5.26. The van der Waals surface area contributed by atoms with E-state index in [4.69, 9.17) is 4.74 Å². The van der Waals surface area contributed by atoms with Crippen LogP contribution in [-0.4, -0.2) is 17.8 Å². The molecule has 0 heterocycles. The molecule has 94 valence electrons. The molecule has 0 spiro atoms. The summed E-state index contributed by atoms with van der Waals surface area (Å²) in [6.45, 7) is -0.0531. The predicted octanol–water partition coefficient (Wildman–Crippen LogP) is 2.89. The van der Waals surface area contributed by atoms with Crippen molar-refractivity contribution in [3.63, 3.8) is 0 Å². The lowest BCUT2D eigenvalue weighted by Gasteiger charge is -2.18. The molecule has 1 N–H and O–H groups in total. The van der Waals surface area contributed by atoms with E-state index in [0.717, 1.165) is 37.8 Å². The second-order valence-corrected chi connectivity index (χ2v) is 4.47. The Morgan fingerprint density at radius 1 is 1.24 bits per heavy atom. The van der Waals surface area contributed by atoms with E-state index < -0.39 is 23.5 Å². The molecule has 1 aliphatic rings. The van der Waals surface area contributed by atoms with Crippen molar-refractivity contribution in [2.75, 3.05) is 6.61 Å². The SMILES string of the molecule is OC(COc1c(F)cccc1F)C1CCCC1. The van der Waals surface area contributed by atoms with Crippen molar-refractivity contribution in [1.82, 2.24) is 0 Å². The van der Waals surface area contributed by atoms with Gasteiger partial charge in [0.25, 0.3) is 0 Å². The topological polar surface area (TPSA) is 29.5 Å². The summed E-state index contributed by atoms with van der Waals surface area (Å²) in [4.78, 5) is 0. The summed E-state index contributed by atoms with van der Waals surface area (Å²) in [7, 11) is 0. The predicted molar refractivity (Wildman–Crippen MR) is 59.8 cm³/mol. The van der Waals surface area contributed by atoms with Crippen molar-refractivity contribution in [1.29, 1.82) is 0 Å². The van der Waals surface area contributed by atoms with E-state index in [-0.39, 0.29) is 12.5 Å². The summed E-state index contributed by atoms with van der Waals surface area (Å²) in [5, 5.41) is 9.82. The highest BCUT2D eigenvalue weighted by Gasteiger charge is 2.24. The molecule has 1 unspecified atom stereocenters. The van der Waals surface area contributed by atoms with Gasteiger partial charge >= 0.3 is 0 Å². The summed E-state index contributed by atoms with van der Waals surface area (Å²) >= 11 is 0. The molecular formula is C13H16F2O2. The van der Waals surface area contributed by atoms with Gasteiger partial charge in [-0.15, -0.1) is 0 Å². The number of para-hydroxylation sites is 1. The lowest BCUT2D eigenvalue weighted by atomic mass is 10.0. The quantitative estimate of drug-likeness (QED) is 0.879. The first-order chi connectivity index (χ1) is 8.18. The van der Waals surface area contributed by atoms with Gasteiger partial charge in [-0.2, -0.15) is 0 Å². The van der Waals surface area contributed by atoms with E-state index in [2.05, 4.69) is 0 Å². The Morgan fingerprint density at radius 3 is 2.41 bits per heavy atom. The first kappa shape index (κ1) is 12.3. The van der Waals surface area contributed by atoms with Crippen LogP contribution in [0.5, 0.6) is 5.75 Å². The van der Waals surface area contributed by atoms with Crippen LogP contribution in [0.15, 0.2) is 18.2 Å². The molecular weight excluding hydrogens is 226 g/mol. The van der Waals surface area contributed by atoms with E-state index >= 15 is 0 Å². The number of hydrogen-bond acceptors (Lipinski definition) is 2. The third kappa shape index (κ3) is 2.94. The maximum atomic E-state index is 13.2. The third-order valence-corrected chi connectivity index (χ3v) is 3.26. The summed E-state index contributed by atoms with van der Waals surface area (Å²) in [5.74, 6) is -1.67.